The van der Waals surface area contributed by atoms with E-state index in [-0.39, 0.29) is 5.82 Å². The van der Waals surface area contributed by atoms with E-state index in [1.807, 2.05) is 27.7 Å². The van der Waals surface area contributed by atoms with Crippen molar-refractivity contribution in [1.82, 2.24) is 0 Å². The maximum absolute atomic E-state index is 14.3. The summed E-state index contributed by atoms with van der Waals surface area (Å²) >= 11 is 0. The third kappa shape index (κ3) is 2.37. The Hall–Kier alpha value is -1.07. The molecule has 1 aliphatic heterocycles. The lowest BCUT2D eigenvalue weighted by Gasteiger charge is -2.32. The highest BCUT2D eigenvalue weighted by atomic mass is 19.1. The van der Waals surface area contributed by atoms with Crippen molar-refractivity contribution in [3.63, 3.8) is 0 Å². The summed E-state index contributed by atoms with van der Waals surface area (Å²) in [6.07, 6.45) is 0. The average molecular weight is 266 g/mol. The molecule has 0 aromatic heterocycles. The van der Waals surface area contributed by atoms with E-state index in [1.165, 1.54) is 0 Å². The average Bonchev–Trinajstić information content (AvgIpc) is 2.51. The Morgan fingerprint density at radius 2 is 1.63 bits per heavy atom. The third-order valence-corrected chi connectivity index (χ3v) is 4.00. The van der Waals surface area contributed by atoms with E-state index >= 15 is 0 Å². The van der Waals surface area contributed by atoms with Gasteiger partial charge in [0.05, 0.1) is 18.3 Å². The second-order valence-electron chi connectivity index (χ2n) is 5.94. The van der Waals surface area contributed by atoms with E-state index in [4.69, 9.17) is 14.0 Å². The molecule has 1 aromatic carbocycles. The molecular formula is C14H20BFO3. The smallest absolute Gasteiger partial charge is 0.497 e. The molecule has 0 bridgehead atoms. The van der Waals surface area contributed by atoms with E-state index in [2.05, 4.69) is 0 Å². The highest BCUT2D eigenvalue weighted by Crippen LogP contribution is 2.37. The number of hydrogen-bond acceptors (Lipinski definition) is 3. The van der Waals surface area contributed by atoms with Crippen LogP contribution < -0.4 is 10.2 Å². The highest BCUT2D eigenvalue weighted by molar-refractivity contribution is 6.62. The molecule has 1 heterocycles. The van der Waals surface area contributed by atoms with Gasteiger partial charge in [-0.2, -0.15) is 0 Å². The maximum Gasteiger partial charge on any atom is 0.498 e. The second-order valence-corrected chi connectivity index (χ2v) is 5.94. The Balaban J connectivity index is 2.42. The molecule has 2 rings (SSSR count). The predicted octanol–water partition coefficient (Wildman–Crippen LogP) is 2.44. The number of rotatable bonds is 2. The van der Waals surface area contributed by atoms with Crippen molar-refractivity contribution >= 4 is 12.6 Å². The number of halogens is 1. The number of aryl methyl sites for hydroxylation is 1. The lowest BCUT2D eigenvalue weighted by molar-refractivity contribution is 0.00578. The molecule has 0 spiro atoms. The van der Waals surface area contributed by atoms with Crippen LogP contribution in [0.3, 0.4) is 0 Å². The van der Waals surface area contributed by atoms with Gasteiger partial charge in [-0.3, -0.25) is 0 Å². The van der Waals surface area contributed by atoms with Gasteiger partial charge in [0.2, 0.25) is 0 Å². The van der Waals surface area contributed by atoms with Crippen molar-refractivity contribution in [3.8, 4) is 5.75 Å². The van der Waals surface area contributed by atoms with Gasteiger partial charge in [-0.25, -0.2) is 4.39 Å². The first-order valence-corrected chi connectivity index (χ1v) is 6.37. The summed E-state index contributed by atoms with van der Waals surface area (Å²) < 4.78 is 31.2. The van der Waals surface area contributed by atoms with Crippen molar-refractivity contribution in [1.29, 1.82) is 0 Å². The van der Waals surface area contributed by atoms with E-state index < -0.39 is 18.3 Å². The highest BCUT2D eigenvalue weighted by Gasteiger charge is 2.52. The molecule has 5 heteroatoms. The number of hydrogen-bond donors (Lipinski definition) is 0. The number of ether oxygens (including phenoxy) is 1. The monoisotopic (exact) mass is 266 g/mol. The molecule has 19 heavy (non-hydrogen) atoms. The van der Waals surface area contributed by atoms with Crippen LogP contribution in [0.1, 0.15) is 33.3 Å². The van der Waals surface area contributed by atoms with Crippen LogP contribution in [0.2, 0.25) is 0 Å². The first kappa shape index (κ1) is 14.3. The topological polar surface area (TPSA) is 27.7 Å². The zero-order valence-corrected chi connectivity index (χ0v) is 12.3. The maximum atomic E-state index is 14.3. The fourth-order valence-electron chi connectivity index (χ4n) is 2.02. The van der Waals surface area contributed by atoms with E-state index in [0.717, 1.165) is 0 Å². The van der Waals surface area contributed by atoms with Gasteiger partial charge < -0.3 is 14.0 Å². The molecule has 0 unspecified atom stereocenters. The molecule has 0 aliphatic carbocycles. The fraction of sp³-hybridized carbons (Fsp3) is 0.571. The van der Waals surface area contributed by atoms with Crippen molar-refractivity contribution in [2.45, 2.75) is 45.8 Å². The van der Waals surface area contributed by atoms with Crippen LogP contribution in [0.15, 0.2) is 12.1 Å². The van der Waals surface area contributed by atoms with Crippen molar-refractivity contribution < 1.29 is 18.4 Å². The normalized spacial score (nSPS) is 20.7. The summed E-state index contributed by atoms with van der Waals surface area (Å²) in [4.78, 5) is 0. The summed E-state index contributed by atoms with van der Waals surface area (Å²) in [5, 5.41) is 0. The molecule has 0 saturated carbocycles. The van der Waals surface area contributed by atoms with Crippen LogP contribution in [0.5, 0.6) is 5.75 Å². The SMILES string of the molecule is COc1cc(C)c(F)c(B2OC(C)(C)C(C)(C)O2)c1. The van der Waals surface area contributed by atoms with Crippen molar-refractivity contribution in [3.05, 3.63) is 23.5 Å². The molecule has 3 nitrogen and oxygen atoms in total. The summed E-state index contributed by atoms with van der Waals surface area (Å²) in [6.45, 7) is 9.47. The second kappa shape index (κ2) is 4.49. The van der Waals surface area contributed by atoms with Gasteiger partial charge in [0.15, 0.2) is 0 Å². The number of methoxy groups -OCH3 is 1. The molecule has 1 aliphatic rings. The standard InChI is InChI=1S/C14H20BFO3/c1-9-7-10(17-6)8-11(12(9)16)15-18-13(2,3)14(4,5)19-15/h7-8H,1-6H3. The summed E-state index contributed by atoms with van der Waals surface area (Å²) in [5.74, 6) is 0.294. The Kier molecular flexibility index (Phi) is 3.39. The largest absolute Gasteiger partial charge is 0.498 e. The Labute approximate surface area is 114 Å². The summed E-state index contributed by atoms with van der Waals surface area (Å²) in [5.41, 5.74) is -0.0677. The first-order chi connectivity index (χ1) is 8.68. The predicted molar refractivity (Wildman–Crippen MR) is 73.4 cm³/mol. The van der Waals surface area contributed by atoms with Gasteiger partial charge in [-0.05, 0) is 52.3 Å². The molecule has 1 saturated heterocycles. The van der Waals surface area contributed by atoms with Crippen LogP contribution >= 0.6 is 0 Å². The molecule has 1 fully saturated rings. The lowest BCUT2D eigenvalue weighted by atomic mass is 9.77. The Bertz CT molecular complexity index is 484. The van der Waals surface area contributed by atoms with Crippen molar-refractivity contribution in [2.24, 2.45) is 0 Å². The molecule has 0 atom stereocenters. The van der Waals surface area contributed by atoms with Gasteiger partial charge in [0, 0.05) is 5.46 Å². The minimum atomic E-state index is -0.709. The first-order valence-electron chi connectivity index (χ1n) is 6.37. The molecule has 104 valence electrons. The van der Waals surface area contributed by atoms with Gasteiger partial charge in [-0.1, -0.05) is 0 Å². The Morgan fingerprint density at radius 1 is 1.11 bits per heavy atom. The molecular weight excluding hydrogens is 246 g/mol. The van der Waals surface area contributed by atoms with Crippen LogP contribution in [-0.2, 0) is 9.31 Å². The zero-order chi connectivity index (χ0) is 14.4. The third-order valence-electron chi connectivity index (χ3n) is 4.00. The molecule has 0 radical (unpaired) electrons. The lowest BCUT2D eigenvalue weighted by Crippen LogP contribution is -2.41. The molecule has 0 N–H and O–H groups in total. The Morgan fingerprint density at radius 3 is 2.11 bits per heavy atom. The van der Waals surface area contributed by atoms with E-state index in [0.29, 0.717) is 16.8 Å². The quantitative estimate of drug-likeness (QED) is 0.769. The van der Waals surface area contributed by atoms with Crippen LogP contribution in [-0.4, -0.2) is 25.4 Å². The minimum absolute atomic E-state index is 0.306. The zero-order valence-electron chi connectivity index (χ0n) is 12.3. The van der Waals surface area contributed by atoms with Crippen LogP contribution in [0.4, 0.5) is 4.39 Å². The van der Waals surface area contributed by atoms with E-state index in [9.17, 15) is 4.39 Å². The van der Waals surface area contributed by atoms with Gasteiger partial charge in [-0.15, -0.1) is 0 Å². The molecule has 0 amide bonds. The van der Waals surface area contributed by atoms with Crippen LogP contribution in [0, 0.1) is 12.7 Å². The number of benzene rings is 1. The van der Waals surface area contributed by atoms with E-state index in [1.54, 1.807) is 26.2 Å². The van der Waals surface area contributed by atoms with Gasteiger partial charge in [0.1, 0.15) is 11.6 Å². The van der Waals surface area contributed by atoms with Gasteiger partial charge in [0.25, 0.3) is 0 Å². The fourth-order valence-corrected chi connectivity index (χ4v) is 2.02. The minimum Gasteiger partial charge on any atom is -0.497 e. The molecule has 1 aromatic rings. The summed E-state index contributed by atoms with van der Waals surface area (Å²) in [6, 6.07) is 3.29. The van der Waals surface area contributed by atoms with Crippen LogP contribution in [0.25, 0.3) is 0 Å². The van der Waals surface area contributed by atoms with Crippen molar-refractivity contribution in [2.75, 3.05) is 7.11 Å². The summed E-state index contributed by atoms with van der Waals surface area (Å²) in [7, 11) is 0.847. The van der Waals surface area contributed by atoms with Gasteiger partial charge >= 0.3 is 7.12 Å².